The van der Waals surface area contributed by atoms with Crippen molar-refractivity contribution < 1.29 is 13.9 Å². The van der Waals surface area contributed by atoms with Crippen LogP contribution in [0.3, 0.4) is 0 Å². The van der Waals surface area contributed by atoms with Crippen molar-refractivity contribution in [3.8, 4) is 11.5 Å². The molecular weight excluding hydrogens is 329 g/mol. The lowest BCUT2D eigenvalue weighted by Crippen LogP contribution is -2.11. The number of aliphatic imine (C=N–C) groups is 1. The number of methoxy groups -OCH3 is 1. The Bertz CT molecular complexity index is 746. The first kappa shape index (κ1) is 18.3. The summed E-state index contributed by atoms with van der Waals surface area (Å²) in [5, 5.41) is 0.464. The Morgan fingerprint density at radius 2 is 2.04 bits per heavy atom. The first-order chi connectivity index (χ1) is 11.4. The number of rotatable bonds is 6. The molecule has 0 spiro atoms. The van der Waals surface area contributed by atoms with E-state index in [9.17, 15) is 4.39 Å². The van der Waals surface area contributed by atoms with Crippen LogP contribution >= 0.6 is 11.6 Å². The van der Waals surface area contributed by atoms with Crippen LogP contribution in [0, 0.1) is 12.7 Å². The average Bonchev–Trinajstić information content (AvgIpc) is 2.57. The maximum absolute atomic E-state index is 13.3. The summed E-state index contributed by atoms with van der Waals surface area (Å²) in [5.41, 5.74) is 2.00. The summed E-state index contributed by atoms with van der Waals surface area (Å²) in [6.07, 6.45) is 2.57. The van der Waals surface area contributed by atoms with E-state index in [0.29, 0.717) is 27.8 Å². The van der Waals surface area contributed by atoms with Crippen molar-refractivity contribution in [1.82, 2.24) is 0 Å². The van der Waals surface area contributed by atoms with E-state index in [0.717, 1.165) is 12.0 Å². The molecule has 24 heavy (non-hydrogen) atoms. The molecule has 0 unspecified atom stereocenters. The van der Waals surface area contributed by atoms with Gasteiger partial charge in [-0.3, -0.25) is 4.99 Å². The lowest BCUT2D eigenvalue weighted by atomic mass is 10.2. The summed E-state index contributed by atoms with van der Waals surface area (Å²) in [5.74, 6) is 0.841. The monoisotopic (exact) mass is 349 g/mol. The van der Waals surface area contributed by atoms with Crippen LogP contribution in [0.25, 0.3) is 0 Å². The lowest BCUT2D eigenvalue weighted by Gasteiger charge is -2.17. The van der Waals surface area contributed by atoms with E-state index in [-0.39, 0.29) is 11.9 Å². The van der Waals surface area contributed by atoms with Crippen molar-refractivity contribution in [2.75, 3.05) is 7.11 Å². The first-order valence-electron chi connectivity index (χ1n) is 7.79. The van der Waals surface area contributed by atoms with Crippen LogP contribution in [0.5, 0.6) is 11.5 Å². The number of ether oxygens (including phenoxy) is 2. The second-order valence-electron chi connectivity index (χ2n) is 5.56. The van der Waals surface area contributed by atoms with Crippen LogP contribution < -0.4 is 9.47 Å². The van der Waals surface area contributed by atoms with Gasteiger partial charge in [-0.15, -0.1) is 0 Å². The molecule has 3 nitrogen and oxygen atoms in total. The predicted molar refractivity (Wildman–Crippen MR) is 96.8 cm³/mol. The SMILES string of the molecule is CC[C@H](C)Oc1c(Cl)cc(C=Nc2ccc(F)c(C)c2)cc1OC. The molecule has 128 valence electrons. The standard InChI is InChI=1S/C19H21ClFNO2/c1-5-13(3)24-19-16(20)9-14(10-18(19)23-4)11-22-15-6-7-17(21)12(2)8-15/h6-11,13H,5H2,1-4H3/t13-/m0/s1. The zero-order valence-electron chi connectivity index (χ0n) is 14.3. The molecule has 0 radical (unpaired) electrons. The summed E-state index contributed by atoms with van der Waals surface area (Å²) in [6, 6.07) is 8.28. The Hall–Kier alpha value is -2.07. The first-order valence-corrected chi connectivity index (χ1v) is 8.16. The van der Waals surface area contributed by atoms with Crippen LogP contribution in [0.15, 0.2) is 35.3 Å². The summed E-state index contributed by atoms with van der Waals surface area (Å²) < 4.78 is 24.5. The highest BCUT2D eigenvalue weighted by molar-refractivity contribution is 6.32. The largest absolute Gasteiger partial charge is 0.493 e. The zero-order valence-corrected chi connectivity index (χ0v) is 15.0. The van der Waals surface area contributed by atoms with E-state index in [4.69, 9.17) is 21.1 Å². The summed E-state index contributed by atoms with van der Waals surface area (Å²) in [4.78, 5) is 4.36. The number of hydrogen-bond acceptors (Lipinski definition) is 3. The van der Waals surface area contributed by atoms with Crippen LogP contribution in [-0.4, -0.2) is 19.4 Å². The maximum atomic E-state index is 13.3. The Morgan fingerprint density at radius 1 is 1.29 bits per heavy atom. The predicted octanol–water partition coefficient (Wildman–Crippen LogP) is 5.72. The molecule has 5 heteroatoms. The third kappa shape index (κ3) is 4.48. The third-order valence-corrected chi connectivity index (χ3v) is 3.93. The normalized spacial score (nSPS) is 12.4. The van der Waals surface area contributed by atoms with Crippen molar-refractivity contribution in [3.05, 3.63) is 52.3 Å². The van der Waals surface area contributed by atoms with Gasteiger partial charge in [-0.2, -0.15) is 0 Å². The fourth-order valence-electron chi connectivity index (χ4n) is 2.07. The number of nitrogens with zero attached hydrogens (tertiary/aromatic N) is 1. The molecule has 2 aromatic carbocycles. The minimum absolute atomic E-state index is 0.0399. The van der Waals surface area contributed by atoms with Gasteiger partial charge in [0.25, 0.3) is 0 Å². The summed E-state index contributed by atoms with van der Waals surface area (Å²) >= 11 is 6.33. The van der Waals surface area contributed by atoms with E-state index < -0.39 is 0 Å². The molecule has 2 rings (SSSR count). The smallest absolute Gasteiger partial charge is 0.180 e. The van der Waals surface area contributed by atoms with Crippen molar-refractivity contribution in [2.45, 2.75) is 33.3 Å². The van der Waals surface area contributed by atoms with Crippen molar-refractivity contribution >= 4 is 23.5 Å². The molecule has 1 atom stereocenters. The van der Waals surface area contributed by atoms with Gasteiger partial charge in [0.1, 0.15) is 5.82 Å². The number of hydrogen-bond donors (Lipinski definition) is 0. The zero-order chi connectivity index (χ0) is 17.7. The van der Waals surface area contributed by atoms with Gasteiger partial charge in [-0.1, -0.05) is 18.5 Å². The van der Waals surface area contributed by atoms with E-state index in [1.165, 1.54) is 6.07 Å². The molecular formula is C19H21ClFNO2. The molecule has 0 amide bonds. The molecule has 0 aromatic heterocycles. The van der Waals surface area contributed by atoms with Crippen molar-refractivity contribution in [3.63, 3.8) is 0 Å². The van der Waals surface area contributed by atoms with Gasteiger partial charge in [0.05, 0.1) is 23.9 Å². The Balaban J connectivity index is 2.29. The van der Waals surface area contributed by atoms with Gasteiger partial charge < -0.3 is 9.47 Å². The molecule has 2 aromatic rings. The van der Waals surface area contributed by atoms with Crippen molar-refractivity contribution in [2.24, 2.45) is 4.99 Å². The van der Waals surface area contributed by atoms with Gasteiger partial charge >= 0.3 is 0 Å². The second-order valence-corrected chi connectivity index (χ2v) is 5.97. The number of halogens is 2. The molecule has 0 N–H and O–H groups in total. The van der Waals surface area contributed by atoms with Crippen LogP contribution in [0.2, 0.25) is 5.02 Å². The molecule has 0 fully saturated rings. The number of aryl methyl sites for hydroxylation is 1. The summed E-state index contributed by atoms with van der Waals surface area (Å²) in [6.45, 7) is 5.72. The van der Waals surface area contributed by atoms with Crippen LogP contribution in [0.1, 0.15) is 31.4 Å². The van der Waals surface area contributed by atoms with Gasteiger partial charge in [0, 0.05) is 6.21 Å². The molecule has 0 saturated carbocycles. The Morgan fingerprint density at radius 3 is 2.67 bits per heavy atom. The van der Waals surface area contributed by atoms with Gasteiger partial charge in [0.2, 0.25) is 0 Å². The highest BCUT2D eigenvalue weighted by Gasteiger charge is 2.14. The third-order valence-electron chi connectivity index (χ3n) is 3.65. The number of benzene rings is 2. The quantitative estimate of drug-likeness (QED) is 0.624. The molecule has 0 aliphatic rings. The lowest BCUT2D eigenvalue weighted by molar-refractivity contribution is 0.208. The van der Waals surface area contributed by atoms with Crippen LogP contribution in [-0.2, 0) is 0 Å². The minimum atomic E-state index is -0.245. The van der Waals surface area contributed by atoms with E-state index in [2.05, 4.69) is 4.99 Å². The summed E-state index contributed by atoms with van der Waals surface area (Å²) in [7, 11) is 1.57. The highest BCUT2D eigenvalue weighted by atomic mass is 35.5. The molecule has 0 aliphatic carbocycles. The van der Waals surface area contributed by atoms with Gasteiger partial charge in [0.15, 0.2) is 11.5 Å². The van der Waals surface area contributed by atoms with E-state index in [1.807, 2.05) is 19.9 Å². The fraction of sp³-hybridized carbons (Fsp3) is 0.316. The minimum Gasteiger partial charge on any atom is -0.493 e. The van der Waals surface area contributed by atoms with E-state index >= 15 is 0 Å². The molecule has 0 heterocycles. The second kappa shape index (κ2) is 8.15. The fourth-order valence-corrected chi connectivity index (χ4v) is 2.34. The topological polar surface area (TPSA) is 30.8 Å². The highest BCUT2D eigenvalue weighted by Crippen LogP contribution is 2.37. The van der Waals surface area contributed by atoms with E-state index in [1.54, 1.807) is 38.4 Å². The Kier molecular flexibility index (Phi) is 6.21. The molecule has 0 bridgehead atoms. The van der Waals surface area contributed by atoms with Gasteiger partial charge in [-0.05, 0) is 61.7 Å². The van der Waals surface area contributed by atoms with Crippen LogP contribution in [0.4, 0.5) is 10.1 Å². The molecule has 0 saturated heterocycles. The van der Waals surface area contributed by atoms with Crippen molar-refractivity contribution in [1.29, 1.82) is 0 Å². The molecule has 0 aliphatic heterocycles. The average molecular weight is 350 g/mol. The Labute approximate surface area is 147 Å². The van der Waals surface area contributed by atoms with Gasteiger partial charge in [-0.25, -0.2) is 4.39 Å². The maximum Gasteiger partial charge on any atom is 0.180 e.